The second-order valence-corrected chi connectivity index (χ2v) is 7.37. The van der Waals surface area contributed by atoms with E-state index in [2.05, 4.69) is 0 Å². The number of furan rings is 2. The predicted octanol–water partition coefficient (Wildman–Crippen LogP) is 5.12. The number of amides is 1. The van der Waals surface area contributed by atoms with Gasteiger partial charge in [0.2, 0.25) is 0 Å². The van der Waals surface area contributed by atoms with Crippen molar-refractivity contribution in [2.45, 2.75) is 24.2 Å². The fourth-order valence-corrected chi connectivity index (χ4v) is 3.84. The predicted molar refractivity (Wildman–Crippen MR) is 102 cm³/mol. The van der Waals surface area contributed by atoms with Gasteiger partial charge >= 0.3 is 0 Å². The molecule has 0 saturated carbocycles. The number of hydrogen-bond acceptors (Lipinski definition) is 5. The highest BCUT2D eigenvalue weighted by Gasteiger charge is 2.38. The van der Waals surface area contributed by atoms with E-state index in [0.29, 0.717) is 34.6 Å². The summed E-state index contributed by atoms with van der Waals surface area (Å²) in [7, 11) is 1.88. The van der Waals surface area contributed by atoms with Gasteiger partial charge in [0, 0.05) is 7.05 Å². The third-order valence-corrected chi connectivity index (χ3v) is 5.34. The Kier molecular flexibility index (Phi) is 5.13. The molecular formula is C20H18F2N2O3S. The van der Waals surface area contributed by atoms with Crippen molar-refractivity contribution >= 4 is 23.4 Å². The lowest BCUT2D eigenvalue weighted by Crippen LogP contribution is -2.47. The van der Waals surface area contributed by atoms with Crippen molar-refractivity contribution in [2.24, 2.45) is 0 Å². The first kappa shape index (κ1) is 18.6. The average Bonchev–Trinajstić information content (AvgIpc) is 3.36. The second kappa shape index (κ2) is 7.71. The monoisotopic (exact) mass is 404 g/mol. The number of carbonyl (C=O) groups excluding carboxylic acids is 1. The Morgan fingerprint density at radius 1 is 1.11 bits per heavy atom. The number of fused-ring (bicyclic) bond motifs is 1. The molecule has 146 valence electrons. The van der Waals surface area contributed by atoms with Gasteiger partial charge in [-0.05, 0) is 36.4 Å². The van der Waals surface area contributed by atoms with E-state index < -0.39 is 11.9 Å². The first-order valence-electron chi connectivity index (χ1n) is 8.68. The number of thioether (sulfide) groups is 1. The number of halogens is 2. The first-order valence-corrected chi connectivity index (χ1v) is 9.73. The van der Waals surface area contributed by atoms with E-state index in [4.69, 9.17) is 8.83 Å². The van der Waals surface area contributed by atoms with E-state index in [1.807, 2.05) is 30.1 Å². The summed E-state index contributed by atoms with van der Waals surface area (Å²) >= 11 is 0.503. The lowest BCUT2D eigenvalue weighted by molar-refractivity contribution is 0.0591. The van der Waals surface area contributed by atoms with Gasteiger partial charge < -0.3 is 18.6 Å². The largest absolute Gasteiger partial charge is 0.467 e. The molecule has 3 aromatic rings. The smallest absolute Gasteiger partial charge is 0.284 e. The van der Waals surface area contributed by atoms with Crippen LogP contribution in [0.25, 0.3) is 0 Å². The zero-order chi connectivity index (χ0) is 19.7. The van der Waals surface area contributed by atoms with Crippen LogP contribution >= 0.6 is 11.8 Å². The van der Waals surface area contributed by atoms with Gasteiger partial charge in [-0.15, -0.1) is 0 Å². The lowest BCUT2D eigenvalue weighted by Gasteiger charge is -2.42. The Balaban J connectivity index is 1.70. The minimum Gasteiger partial charge on any atom is -0.467 e. The van der Waals surface area contributed by atoms with Crippen molar-refractivity contribution < 1.29 is 22.4 Å². The number of hydrogen-bond donors (Lipinski definition) is 0. The molecule has 0 bridgehead atoms. The topological polar surface area (TPSA) is 49.8 Å². The average molecular weight is 404 g/mol. The molecule has 0 radical (unpaired) electrons. The minimum absolute atomic E-state index is 0.0663. The second-order valence-electron chi connectivity index (χ2n) is 6.39. The van der Waals surface area contributed by atoms with Crippen molar-refractivity contribution in [3.05, 3.63) is 77.6 Å². The first-order chi connectivity index (χ1) is 13.5. The van der Waals surface area contributed by atoms with Gasteiger partial charge in [-0.3, -0.25) is 4.79 Å². The Hall–Kier alpha value is -2.74. The van der Waals surface area contributed by atoms with Crippen LogP contribution in [-0.2, 0) is 12.3 Å². The van der Waals surface area contributed by atoms with Crippen LogP contribution in [0.5, 0.6) is 0 Å². The highest BCUT2D eigenvalue weighted by Crippen LogP contribution is 2.39. The molecule has 1 unspecified atom stereocenters. The quantitative estimate of drug-likeness (QED) is 0.571. The van der Waals surface area contributed by atoms with Crippen LogP contribution in [0.15, 0.2) is 63.6 Å². The number of rotatable bonds is 6. The molecule has 0 fully saturated rings. The summed E-state index contributed by atoms with van der Waals surface area (Å²) in [4.78, 5) is 16.8. The normalized spacial score (nSPS) is 16.7. The molecule has 0 N–H and O–H groups in total. The fourth-order valence-electron chi connectivity index (χ4n) is 3.40. The molecule has 8 heteroatoms. The molecular weight excluding hydrogens is 386 g/mol. The van der Waals surface area contributed by atoms with Crippen molar-refractivity contribution in [3.63, 3.8) is 0 Å². The summed E-state index contributed by atoms with van der Waals surface area (Å²) in [5.41, 5.74) is 1.38. The Bertz CT molecular complexity index is 958. The van der Waals surface area contributed by atoms with Crippen LogP contribution < -0.4 is 4.90 Å². The number of anilines is 1. The maximum absolute atomic E-state index is 13.2. The van der Waals surface area contributed by atoms with Gasteiger partial charge in [0.15, 0.2) is 6.17 Å². The summed E-state index contributed by atoms with van der Waals surface area (Å²) in [6, 6.07) is 14.3. The molecule has 2 aromatic heterocycles. The number of benzene rings is 1. The third-order valence-electron chi connectivity index (χ3n) is 4.63. The van der Waals surface area contributed by atoms with E-state index in [0.717, 1.165) is 5.69 Å². The lowest BCUT2D eigenvalue weighted by atomic mass is 10.0. The summed E-state index contributed by atoms with van der Waals surface area (Å²) in [6.07, 6.45) is 1.04. The molecule has 1 amide bonds. The number of para-hydroxylation sites is 1. The summed E-state index contributed by atoms with van der Waals surface area (Å²) in [5.74, 6) is -0.938. The van der Waals surface area contributed by atoms with Crippen LogP contribution in [0.3, 0.4) is 0 Å². The van der Waals surface area contributed by atoms with Crippen molar-refractivity contribution in [2.75, 3.05) is 11.9 Å². The van der Waals surface area contributed by atoms with Gasteiger partial charge in [-0.25, -0.2) is 0 Å². The number of nitrogens with zero attached hydrogens (tertiary/aromatic N) is 2. The van der Waals surface area contributed by atoms with Crippen LogP contribution in [0.1, 0.15) is 33.8 Å². The molecule has 1 aromatic carbocycles. The molecule has 0 spiro atoms. The maximum Gasteiger partial charge on any atom is 0.284 e. The third kappa shape index (κ3) is 3.52. The molecule has 5 nitrogen and oxygen atoms in total. The van der Waals surface area contributed by atoms with Crippen LogP contribution in [-0.4, -0.2) is 23.6 Å². The molecule has 3 heterocycles. The Morgan fingerprint density at radius 2 is 1.93 bits per heavy atom. The van der Waals surface area contributed by atoms with E-state index in [9.17, 15) is 13.6 Å². The SMILES string of the molecule is CN1c2ccccc2C(=O)N(Cc2ccco2)C1c1ccc(CSC(F)F)o1. The zero-order valence-electron chi connectivity index (χ0n) is 15.0. The Morgan fingerprint density at radius 3 is 2.68 bits per heavy atom. The molecule has 1 aliphatic heterocycles. The molecule has 1 atom stereocenters. The fraction of sp³-hybridized carbons (Fsp3) is 0.250. The van der Waals surface area contributed by atoms with E-state index >= 15 is 0 Å². The standard InChI is InChI=1S/C20H18F2N2O3S/c1-23-16-7-3-2-6-15(16)19(25)24(11-13-5-4-10-26-13)18(23)17-9-8-14(27-17)12-28-20(21)22/h2-10,18,20H,11-12H2,1H3. The molecule has 0 aliphatic carbocycles. The summed E-state index contributed by atoms with van der Waals surface area (Å²) in [5, 5.41) is 0. The van der Waals surface area contributed by atoms with Crippen molar-refractivity contribution in [1.82, 2.24) is 4.90 Å². The van der Waals surface area contributed by atoms with Crippen LogP contribution in [0, 0.1) is 0 Å². The van der Waals surface area contributed by atoms with Crippen molar-refractivity contribution in [3.8, 4) is 0 Å². The van der Waals surface area contributed by atoms with E-state index in [1.165, 1.54) is 0 Å². The van der Waals surface area contributed by atoms with Crippen LogP contribution in [0.4, 0.5) is 14.5 Å². The maximum atomic E-state index is 13.2. The molecule has 4 rings (SSSR count). The molecule has 28 heavy (non-hydrogen) atoms. The molecule has 0 saturated heterocycles. The highest BCUT2D eigenvalue weighted by atomic mass is 32.2. The van der Waals surface area contributed by atoms with Crippen LogP contribution in [0.2, 0.25) is 0 Å². The van der Waals surface area contributed by atoms with E-state index in [1.54, 1.807) is 41.5 Å². The minimum atomic E-state index is -2.46. The van der Waals surface area contributed by atoms with Gasteiger partial charge in [-0.2, -0.15) is 8.78 Å². The summed E-state index contributed by atoms with van der Waals surface area (Å²) in [6.45, 7) is 0.261. The van der Waals surface area contributed by atoms with Crippen molar-refractivity contribution in [1.29, 1.82) is 0 Å². The van der Waals surface area contributed by atoms with Gasteiger partial charge in [-0.1, -0.05) is 23.9 Å². The Labute approximate surface area is 164 Å². The molecule has 1 aliphatic rings. The summed E-state index contributed by atoms with van der Waals surface area (Å²) < 4.78 is 36.2. The van der Waals surface area contributed by atoms with Gasteiger partial charge in [0.1, 0.15) is 17.3 Å². The zero-order valence-corrected chi connectivity index (χ0v) is 15.9. The highest BCUT2D eigenvalue weighted by molar-refractivity contribution is 7.98. The van der Waals surface area contributed by atoms with Gasteiger partial charge in [0.05, 0.1) is 29.8 Å². The number of alkyl halides is 2. The number of carbonyl (C=O) groups is 1. The van der Waals surface area contributed by atoms with E-state index in [-0.39, 0.29) is 18.2 Å². The van der Waals surface area contributed by atoms with Gasteiger partial charge in [0.25, 0.3) is 11.7 Å².